The van der Waals surface area contributed by atoms with Gasteiger partial charge in [-0.2, -0.15) is 43.2 Å². The number of para-hydroxylation sites is 1. The fraction of sp³-hybridized carbons (Fsp3) is 0.318. The van der Waals surface area contributed by atoms with Crippen LogP contribution in [-0.4, -0.2) is 33.0 Å². The number of nitrogens with zero attached hydrogens (tertiary/aromatic N) is 1. The average Bonchev–Trinajstić information content (AvgIpc) is 3.17. The van der Waals surface area contributed by atoms with Crippen LogP contribution in [0, 0.1) is 0 Å². The van der Waals surface area contributed by atoms with Crippen molar-refractivity contribution in [3.05, 3.63) is 65.4 Å². The van der Waals surface area contributed by atoms with Crippen molar-refractivity contribution in [2.45, 2.75) is 43.6 Å². The number of nitrogens with one attached hydrogen (secondary N) is 2. The first-order valence-electron chi connectivity index (χ1n) is 10.9. The highest BCUT2D eigenvalue weighted by molar-refractivity contribution is 7.93. The van der Waals surface area contributed by atoms with Crippen LogP contribution in [0.25, 0.3) is 11.1 Å². The number of sulfonamides is 2. The summed E-state index contributed by atoms with van der Waals surface area (Å²) in [6.45, 7) is 1.87. The van der Waals surface area contributed by atoms with E-state index < -0.39 is 36.9 Å². The van der Waals surface area contributed by atoms with Gasteiger partial charge in [-0.15, -0.1) is 0 Å². The summed E-state index contributed by atoms with van der Waals surface area (Å²) >= 11 is 0. The summed E-state index contributed by atoms with van der Waals surface area (Å²) < 4.78 is 131. The van der Waals surface area contributed by atoms with Gasteiger partial charge in [0.15, 0.2) is 0 Å². The average molecular weight is 586 g/mol. The molecule has 0 atom stereocenters. The lowest BCUT2D eigenvalue weighted by molar-refractivity contribution is -0.0435. The van der Waals surface area contributed by atoms with Crippen molar-refractivity contribution in [3.63, 3.8) is 0 Å². The molecule has 0 unspecified atom stereocenters. The van der Waals surface area contributed by atoms with Gasteiger partial charge in [0.05, 0.1) is 11.4 Å². The van der Waals surface area contributed by atoms with Gasteiger partial charge in [0.25, 0.3) is 0 Å². The normalized spacial score (nSPS) is 12.9. The zero-order valence-electron chi connectivity index (χ0n) is 19.5. The van der Waals surface area contributed by atoms with Gasteiger partial charge in [-0.3, -0.25) is 4.72 Å². The SMILES string of the molecule is CCCCc1noc(NS(=O)(=O)C(F)(F)F)c1Cc1ccc(-c2ccccc2NS(=O)(=O)C(F)(F)F)cc1. The Kier molecular flexibility index (Phi) is 8.36. The number of aromatic nitrogens is 1. The van der Waals surface area contributed by atoms with Gasteiger partial charge in [0.1, 0.15) is 0 Å². The number of rotatable bonds is 10. The third-order valence-corrected chi connectivity index (χ3v) is 7.45. The summed E-state index contributed by atoms with van der Waals surface area (Å²) in [5, 5.41) is 3.72. The van der Waals surface area contributed by atoms with E-state index in [1.165, 1.54) is 51.9 Å². The van der Waals surface area contributed by atoms with Crippen molar-refractivity contribution < 1.29 is 47.7 Å². The minimum Gasteiger partial charge on any atom is -0.337 e. The van der Waals surface area contributed by atoms with E-state index in [4.69, 9.17) is 4.52 Å². The number of hydrogen-bond acceptors (Lipinski definition) is 6. The first kappa shape index (κ1) is 29.3. The highest BCUT2D eigenvalue weighted by Gasteiger charge is 2.47. The van der Waals surface area contributed by atoms with Crippen molar-refractivity contribution in [2.75, 3.05) is 9.44 Å². The molecule has 16 heteroatoms. The lowest BCUT2D eigenvalue weighted by atomic mass is 9.98. The molecule has 0 amide bonds. The summed E-state index contributed by atoms with van der Waals surface area (Å²) in [7, 11) is -11.4. The second kappa shape index (κ2) is 10.8. The number of benzene rings is 2. The van der Waals surface area contributed by atoms with Crippen LogP contribution in [0.1, 0.15) is 36.6 Å². The molecule has 38 heavy (non-hydrogen) atoms. The Bertz CT molecular complexity index is 1480. The first-order valence-corrected chi connectivity index (χ1v) is 13.9. The van der Waals surface area contributed by atoms with Crippen molar-refractivity contribution in [2.24, 2.45) is 0 Å². The first-order chi connectivity index (χ1) is 17.6. The Hall–Kier alpha value is -3.27. The van der Waals surface area contributed by atoms with Gasteiger partial charge < -0.3 is 4.52 Å². The van der Waals surface area contributed by atoms with Gasteiger partial charge in [0.2, 0.25) is 5.88 Å². The maximum atomic E-state index is 12.9. The van der Waals surface area contributed by atoms with E-state index in [-0.39, 0.29) is 28.9 Å². The molecule has 0 aliphatic heterocycles. The van der Waals surface area contributed by atoms with Gasteiger partial charge in [-0.05, 0) is 30.0 Å². The summed E-state index contributed by atoms with van der Waals surface area (Å²) in [6.07, 6.45) is 1.56. The molecule has 0 spiro atoms. The Morgan fingerprint density at radius 1 is 0.842 bits per heavy atom. The fourth-order valence-corrected chi connectivity index (χ4v) is 4.46. The van der Waals surface area contributed by atoms with E-state index >= 15 is 0 Å². The minimum atomic E-state index is -5.77. The zero-order chi connectivity index (χ0) is 28.4. The monoisotopic (exact) mass is 585 g/mol. The van der Waals surface area contributed by atoms with Crippen LogP contribution in [-0.2, 0) is 32.9 Å². The number of halogens is 6. The van der Waals surface area contributed by atoms with Crippen LogP contribution in [0.5, 0.6) is 0 Å². The van der Waals surface area contributed by atoms with E-state index in [1.54, 1.807) is 0 Å². The van der Waals surface area contributed by atoms with Gasteiger partial charge in [-0.25, -0.2) is 4.72 Å². The summed E-state index contributed by atoms with van der Waals surface area (Å²) in [5.74, 6) is -0.676. The third kappa shape index (κ3) is 6.59. The minimum absolute atomic E-state index is 0.0825. The molecule has 208 valence electrons. The molecule has 0 radical (unpaired) electrons. The van der Waals surface area contributed by atoms with Gasteiger partial charge in [0, 0.05) is 17.5 Å². The second-order valence-corrected chi connectivity index (χ2v) is 11.4. The summed E-state index contributed by atoms with van der Waals surface area (Å²) in [4.78, 5) is 0. The third-order valence-electron chi connectivity index (χ3n) is 5.29. The topological polar surface area (TPSA) is 118 Å². The van der Waals surface area contributed by atoms with E-state index in [0.717, 1.165) is 12.5 Å². The molecule has 0 fully saturated rings. The molecular formula is C22H21F6N3O5S2. The maximum absolute atomic E-state index is 12.9. The van der Waals surface area contributed by atoms with Crippen molar-refractivity contribution in [1.82, 2.24) is 5.16 Å². The lowest BCUT2D eigenvalue weighted by Gasteiger charge is -2.14. The molecule has 0 aliphatic carbocycles. The quantitative estimate of drug-likeness (QED) is 0.291. The predicted molar refractivity (Wildman–Crippen MR) is 127 cm³/mol. The molecule has 1 heterocycles. The molecule has 0 aliphatic rings. The summed E-state index contributed by atoms with van der Waals surface area (Å²) in [5.41, 5.74) is -10.1. The predicted octanol–water partition coefficient (Wildman–Crippen LogP) is 5.80. The highest BCUT2D eigenvalue weighted by atomic mass is 32.2. The number of hydrogen-bond donors (Lipinski definition) is 2. The van der Waals surface area contributed by atoms with Crippen LogP contribution >= 0.6 is 0 Å². The highest BCUT2D eigenvalue weighted by Crippen LogP contribution is 2.34. The number of aryl methyl sites for hydroxylation is 1. The van der Waals surface area contributed by atoms with Crippen LogP contribution in [0.4, 0.5) is 37.9 Å². The summed E-state index contributed by atoms with van der Waals surface area (Å²) in [6, 6.07) is 11.3. The molecule has 0 saturated heterocycles. The van der Waals surface area contributed by atoms with Crippen molar-refractivity contribution in [1.29, 1.82) is 0 Å². The lowest BCUT2D eigenvalue weighted by Crippen LogP contribution is -2.30. The number of alkyl halides is 6. The molecule has 0 saturated carbocycles. The molecule has 1 aromatic heterocycles. The van der Waals surface area contributed by atoms with Crippen LogP contribution in [0.2, 0.25) is 0 Å². The molecule has 2 aromatic carbocycles. The zero-order valence-corrected chi connectivity index (χ0v) is 21.2. The largest absolute Gasteiger partial charge is 0.516 e. The van der Waals surface area contributed by atoms with Gasteiger partial charge >= 0.3 is 31.1 Å². The Morgan fingerprint density at radius 2 is 1.42 bits per heavy atom. The van der Waals surface area contributed by atoms with Crippen LogP contribution < -0.4 is 9.44 Å². The Balaban J connectivity index is 1.92. The number of unbranched alkanes of at least 4 members (excludes halogenated alkanes) is 1. The number of anilines is 2. The van der Waals surface area contributed by atoms with E-state index in [0.29, 0.717) is 24.0 Å². The van der Waals surface area contributed by atoms with E-state index in [2.05, 4.69) is 5.16 Å². The smallest absolute Gasteiger partial charge is 0.337 e. The molecule has 0 bridgehead atoms. The van der Waals surface area contributed by atoms with Crippen LogP contribution in [0.15, 0.2) is 53.1 Å². The fourth-order valence-electron chi connectivity index (χ4n) is 3.36. The molecule has 3 rings (SSSR count). The van der Waals surface area contributed by atoms with Crippen molar-refractivity contribution >= 4 is 31.6 Å². The molecule has 2 N–H and O–H groups in total. The molecule has 8 nitrogen and oxygen atoms in total. The Morgan fingerprint density at radius 3 is 2.00 bits per heavy atom. The standard InChI is InChI=1S/C22H21F6N3O5S2/c1-2-3-7-18-17(20(36-29-18)31-38(34,35)22(26,27)28)13-14-9-11-15(12-10-14)16-6-4-5-8-19(16)30-37(32,33)21(23,24)25/h4-6,8-12,30-31H,2-3,7,13H2,1H3. The van der Waals surface area contributed by atoms with Gasteiger partial charge in [-0.1, -0.05) is 61.0 Å². The second-order valence-electron chi connectivity index (χ2n) is 8.06. The van der Waals surface area contributed by atoms with Crippen LogP contribution in [0.3, 0.4) is 0 Å². The van der Waals surface area contributed by atoms with Crippen molar-refractivity contribution in [3.8, 4) is 11.1 Å². The Labute approximate surface area is 214 Å². The molecule has 3 aromatic rings. The van der Waals surface area contributed by atoms with E-state index in [9.17, 15) is 43.2 Å². The maximum Gasteiger partial charge on any atom is 0.516 e. The van der Waals surface area contributed by atoms with E-state index in [1.807, 2.05) is 6.92 Å². The molecular weight excluding hydrogens is 564 g/mol.